The summed E-state index contributed by atoms with van der Waals surface area (Å²) < 4.78 is 1.08. The van der Waals surface area contributed by atoms with Crippen molar-refractivity contribution in [1.82, 2.24) is 0 Å². The van der Waals surface area contributed by atoms with Crippen LogP contribution in [0.15, 0.2) is 28.7 Å². The third kappa shape index (κ3) is 2.18. The molecule has 1 nitrogen and oxygen atoms in total. The topological polar surface area (TPSA) is 17.1 Å². The van der Waals surface area contributed by atoms with Gasteiger partial charge in [-0.25, -0.2) is 0 Å². The molecule has 1 unspecified atom stereocenters. The number of halogens is 1. The van der Waals surface area contributed by atoms with Crippen LogP contribution in [-0.2, 0) is 4.79 Å². The normalized spacial score (nSPS) is 12.5. The molecule has 0 spiro atoms. The SMILES string of the molecule is CC(CC=O)c1ccccc1Br. The summed E-state index contributed by atoms with van der Waals surface area (Å²) >= 11 is 3.45. The van der Waals surface area contributed by atoms with Gasteiger partial charge < -0.3 is 4.79 Å². The third-order valence-electron chi connectivity index (χ3n) is 1.89. The fraction of sp³-hybridized carbons (Fsp3) is 0.300. The molecule has 0 heterocycles. The van der Waals surface area contributed by atoms with Crippen LogP contribution in [-0.4, -0.2) is 6.29 Å². The summed E-state index contributed by atoms with van der Waals surface area (Å²) in [5.74, 6) is 0.304. The lowest BCUT2D eigenvalue weighted by Crippen LogP contribution is -1.94. The van der Waals surface area contributed by atoms with Gasteiger partial charge >= 0.3 is 0 Å². The van der Waals surface area contributed by atoms with Crippen LogP contribution in [0.3, 0.4) is 0 Å². The maximum absolute atomic E-state index is 10.3. The molecule has 0 aliphatic heterocycles. The molecule has 0 saturated carbocycles. The fourth-order valence-corrected chi connectivity index (χ4v) is 1.82. The Balaban J connectivity index is 2.86. The minimum absolute atomic E-state index is 0.304. The van der Waals surface area contributed by atoms with Crippen molar-refractivity contribution in [1.29, 1.82) is 0 Å². The Hall–Kier alpha value is -0.630. The zero-order chi connectivity index (χ0) is 8.97. The quantitative estimate of drug-likeness (QED) is 0.725. The first kappa shape index (κ1) is 9.46. The van der Waals surface area contributed by atoms with E-state index in [2.05, 4.69) is 22.9 Å². The first-order valence-electron chi connectivity index (χ1n) is 3.93. The molecule has 0 fully saturated rings. The lowest BCUT2D eigenvalue weighted by atomic mass is 9.99. The number of aldehydes is 1. The zero-order valence-electron chi connectivity index (χ0n) is 6.96. The van der Waals surface area contributed by atoms with E-state index in [-0.39, 0.29) is 0 Å². The van der Waals surface area contributed by atoms with Crippen LogP contribution < -0.4 is 0 Å². The monoisotopic (exact) mass is 226 g/mol. The van der Waals surface area contributed by atoms with E-state index < -0.39 is 0 Å². The van der Waals surface area contributed by atoms with E-state index in [0.717, 1.165) is 10.8 Å². The van der Waals surface area contributed by atoms with Crippen molar-refractivity contribution in [3.63, 3.8) is 0 Å². The second kappa shape index (κ2) is 4.41. The van der Waals surface area contributed by atoms with Gasteiger partial charge in [-0.3, -0.25) is 0 Å². The predicted octanol–water partition coefficient (Wildman–Crippen LogP) is 3.14. The maximum Gasteiger partial charge on any atom is 0.120 e. The Morgan fingerprint density at radius 3 is 2.75 bits per heavy atom. The summed E-state index contributed by atoms with van der Waals surface area (Å²) in [6.07, 6.45) is 1.55. The highest BCUT2D eigenvalue weighted by Crippen LogP contribution is 2.25. The van der Waals surface area contributed by atoms with Crippen molar-refractivity contribution in [3.05, 3.63) is 34.3 Å². The van der Waals surface area contributed by atoms with Gasteiger partial charge in [-0.05, 0) is 17.5 Å². The smallest absolute Gasteiger partial charge is 0.120 e. The fourth-order valence-electron chi connectivity index (χ4n) is 1.15. The van der Waals surface area contributed by atoms with Gasteiger partial charge in [0.15, 0.2) is 0 Å². The Labute approximate surface area is 80.9 Å². The number of hydrogen-bond acceptors (Lipinski definition) is 1. The Bertz CT molecular complexity index is 270. The second-order valence-corrected chi connectivity index (χ2v) is 3.68. The second-order valence-electron chi connectivity index (χ2n) is 2.82. The van der Waals surface area contributed by atoms with Gasteiger partial charge in [-0.2, -0.15) is 0 Å². The molecule has 1 aromatic rings. The lowest BCUT2D eigenvalue weighted by molar-refractivity contribution is -0.108. The molecule has 1 rings (SSSR count). The first-order chi connectivity index (χ1) is 5.75. The van der Waals surface area contributed by atoms with Crippen molar-refractivity contribution in [3.8, 4) is 0 Å². The maximum atomic E-state index is 10.3. The van der Waals surface area contributed by atoms with Crippen molar-refractivity contribution in [2.45, 2.75) is 19.3 Å². The van der Waals surface area contributed by atoms with Crippen LogP contribution in [0.5, 0.6) is 0 Å². The molecule has 2 heteroatoms. The molecule has 0 saturated heterocycles. The minimum atomic E-state index is 0.304. The lowest BCUT2D eigenvalue weighted by Gasteiger charge is -2.09. The zero-order valence-corrected chi connectivity index (χ0v) is 8.54. The van der Waals surface area contributed by atoms with Crippen molar-refractivity contribution < 1.29 is 4.79 Å². The first-order valence-corrected chi connectivity index (χ1v) is 4.73. The van der Waals surface area contributed by atoms with Gasteiger partial charge in [0.05, 0.1) is 0 Å². The van der Waals surface area contributed by atoms with Crippen molar-refractivity contribution in [2.75, 3.05) is 0 Å². The molecule has 1 aromatic carbocycles. The molecule has 1 atom stereocenters. The number of carbonyl (C=O) groups is 1. The molecule has 0 radical (unpaired) electrons. The van der Waals surface area contributed by atoms with Crippen LogP contribution in [0.25, 0.3) is 0 Å². The highest BCUT2D eigenvalue weighted by molar-refractivity contribution is 9.10. The molecule has 0 N–H and O–H groups in total. The number of carbonyl (C=O) groups excluding carboxylic acids is 1. The number of rotatable bonds is 3. The Morgan fingerprint density at radius 1 is 1.50 bits per heavy atom. The average molecular weight is 227 g/mol. The molecule has 0 aliphatic rings. The third-order valence-corrected chi connectivity index (χ3v) is 2.61. The molecule has 0 bridgehead atoms. The van der Waals surface area contributed by atoms with Crippen molar-refractivity contribution in [2.24, 2.45) is 0 Å². The van der Waals surface area contributed by atoms with Gasteiger partial charge in [0.25, 0.3) is 0 Å². The molecular formula is C10H11BrO. The highest BCUT2D eigenvalue weighted by Gasteiger charge is 2.06. The van der Waals surface area contributed by atoms with Crippen molar-refractivity contribution >= 4 is 22.2 Å². The summed E-state index contributed by atoms with van der Waals surface area (Å²) in [6.45, 7) is 2.05. The average Bonchev–Trinajstić information content (AvgIpc) is 2.05. The van der Waals surface area contributed by atoms with Crippen LogP contribution in [0.2, 0.25) is 0 Å². The van der Waals surface area contributed by atoms with Gasteiger partial charge in [0.1, 0.15) is 6.29 Å². The molecule has 0 aromatic heterocycles. The van der Waals surface area contributed by atoms with Crippen LogP contribution in [0.4, 0.5) is 0 Å². The van der Waals surface area contributed by atoms with E-state index in [0.29, 0.717) is 12.3 Å². The Morgan fingerprint density at radius 2 is 2.17 bits per heavy atom. The number of benzene rings is 1. The predicted molar refractivity (Wildman–Crippen MR) is 53.2 cm³/mol. The van der Waals surface area contributed by atoms with E-state index in [1.54, 1.807) is 0 Å². The van der Waals surface area contributed by atoms with Gasteiger partial charge in [-0.15, -0.1) is 0 Å². The van der Waals surface area contributed by atoms with Crippen LogP contribution in [0, 0.1) is 0 Å². The van der Waals surface area contributed by atoms with E-state index in [9.17, 15) is 4.79 Å². The Kier molecular flexibility index (Phi) is 3.48. The van der Waals surface area contributed by atoms with Crippen LogP contribution >= 0.6 is 15.9 Å². The summed E-state index contributed by atoms with van der Waals surface area (Å²) in [7, 11) is 0. The molecule has 0 aliphatic carbocycles. The van der Waals surface area contributed by atoms with Gasteiger partial charge in [-0.1, -0.05) is 41.1 Å². The van der Waals surface area contributed by atoms with E-state index in [1.807, 2.05) is 24.3 Å². The molecule has 12 heavy (non-hydrogen) atoms. The van der Waals surface area contributed by atoms with E-state index in [4.69, 9.17) is 0 Å². The van der Waals surface area contributed by atoms with E-state index in [1.165, 1.54) is 5.56 Å². The number of hydrogen-bond donors (Lipinski definition) is 0. The van der Waals surface area contributed by atoms with Gasteiger partial charge in [0, 0.05) is 10.9 Å². The summed E-state index contributed by atoms with van der Waals surface area (Å²) in [5, 5.41) is 0. The van der Waals surface area contributed by atoms with Crippen LogP contribution in [0.1, 0.15) is 24.8 Å². The highest BCUT2D eigenvalue weighted by atomic mass is 79.9. The van der Waals surface area contributed by atoms with E-state index >= 15 is 0 Å². The summed E-state index contributed by atoms with van der Waals surface area (Å²) in [5.41, 5.74) is 1.20. The standard InChI is InChI=1S/C10H11BrO/c1-8(6-7-12)9-4-2-3-5-10(9)11/h2-5,7-8H,6H2,1H3. The summed E-state index contributed by atoms with van der Waals surface area (Å²) in [4.78, 5) is 10.3. The molecule has 0 amide bonds. The van der Waals surface area contributed by atoms with Gasteiger partial charge in [0.2, 0.25) is 0 Å². The minimum Gasteiger partial charge on any atom is -0.303 e. The largest absolute Gasteiger partial charge is 0.303 e. The summed E-state index contributed by atoms with van der Waals surface area (Å²) in [6, 6.07) is 8.00. The molecule has 64 valence electrons. The molecular weight excluding hydrogens is 216 g/mol.